The van der Waals surface area contributed by atoms with Gasteiger partial charge in [-0.15, -0.1) is 0 Å². The van der Waals surface area contributed by atoms with Crippen molar-refractivity contribution in [3.8, 4) is 5.75 Å². The maximum Gasteiger partial charge on any atom is 0.264 e. The van der Waals surface area contributed by atoms with E-state index in [-0.39, 0.29) is 5.91 Å². The number of anilines is 1. The van der Waals surface area contributed by atoms with Crippen molar-refractivity contribution in [2.45, 2.75) is 6.92 Å². The van der Waals surface area contributed by atoms with E-state index in [1.807, 2.05) is 72.5 Å². The maximum absolute atomic E-state index is 14.2. The SMILES string of the molecule is CCOc1ccc2ccccc2c1C(=O)N(CCN1CCOCC1)c1nc2ccccc2s1. The van der Waals surface area contributed by atoms with Gasteiger partial charge >= 0.3 is 0 Å². The summed E-state index contributed by atoms with van der Waals surface area (Å²) in [7, 11) is 0. The van der Waals surface area contributed by atoms with Crippen molar-refractivity contribution in [1.82, 2.24) is 9.88 Å². The molecule has 6 nitrogen and oxygen atoms in total. The lowest BCUT2D eigenvalue weighted by Gasteiger charge is -2.29. The molecule has 0 radical (unpaired) electrons. The van der Waals surface area contributed by atoms with Crippen LogP contribution in [0.15, 0.2) is 60.7 Å². The number of carbonyl (C=O) groups excluding carboxylic acids is 1. The molecule has 0 saturated carbocycles. The van der Waals surface area contributed by atoms with Gasteiger partial charge in [0.15, 0.2) is 5.13 Å². The Labute approximate surface area is 197 Å². The summed E-state index contributed by atoms with van der Waals surface area (Å²) in [6, 6.07) is 19.9. The number of carbonyl (C=O) groups is 1. The lowest BCUT2D eigenvalue weighted by atomic mass is 10.0. The van der Waals surface area contributed by atoms with Crippen LogP contribution in [0.1, 0.15) is 17.3 Å². The summed E-state index contributed by atoms with van der Waals surface area (Å²) in [5.41, 5.74) is 1.50. The van der Waals surface area contributed by atoms with E-state index in [0.29, 0.717) is 29.6 Å². The third-order valence-electron chi connectivity index (χ3n) is 5.91. The molecule has 0 N–H and O–H groups in total. The molecular formula is C26H27N3O3S. The van der Waals surface area contributed by atoms with E-state index in [0.717, 1.165) is 53.8 Å². The van der Waals surface area contributed by atoms with Crippen molar-refractivity contribution in [2.24, 2.45) is 0 Å². The molecule has 1 amide bonds. The number of aromatic nitrogens is 1. The first-order chi connectivity index (χ1) is 16.2. The molecule has 33 heavy (non-hydrogen) atoms. The second-order valence-corrected chi connectivity index (χ2v) is 8.98. The number of hydrogen-bond acceptors (Lipinski definition) is 6. The van der Waals surface area contributed by atoms with E-state index < -0.39 is 0 Å². The molecular weight excluding hydrogens is 434 g/mol. The van der Waals surface area contributed by atoms with Crippen LogP contribution in [0, 0.1) is 0 Å². The van der Waals surface area contributed by atoms with Crippen LogP contribution < -0.4 is 9.64 Å². The third kappa shape index (κ3) is 4.57. The number of thiazole rings is 1. The number of benzene rings is 3. The first kappa shape index (κ1) is 21.8. The Morgan fingerprint density at radius 3 is 2.70 bits per heavy atom. The smallest absolute Gasteiger partial charge is 0.264 e. The van der Waals surface area contributed by atoms with E-state index in [4.69, 9.17) is 14.5 Å². The second-order valence-electron chi connectivity index (χ2n) is 7.97. The van der Waals surface area contributed by atoms with Crippen LogP contribution in [0.3, 0.4) is 0 Å². The summed E-state index contributed by atoms with van der Waals surface area (Å²) in [4.78, 5) is 23.2. The zero-order valence-corrected chi connectivity index (χ0v) is 19.5. The molecule has 2 heterocycles. The summed E-state index contributed by atoms with van der Waals surface area (Å²) >= 11 is 1.55. The predicted octanol–water partition coefficient (Wildman–Crippen LogP) is 4.83. The molecule has 170 valence electrons. The van der Waals surface area contributed by atoms with Gasteiger partial charge < -0.3 is 9.47 Å². The van der Waals surface area contributed by atoms with Gasteiger partial charge in [-0.25, -0.2) is 4.98 Å². The molecule has 7 heteroatoms. The summed E-state index contributed by atoms with van der Waals surface area (Å²) in [5, 5.41) is 2.62. The fourth-order valence-corrected chi connectivity index (χ4v) is 5.20. The normalized spacial score (nSPS) is 14.6. The summed E-state index contributed by atoms with van der Waals surface area (Å²) in [5.74, 6) is 0.529. The van der Waals surface area contributed by atoms with Crippen LogP contribution in [0.4, 0.5) is 5.13 Å². The highest BCUT2D eigenvalue weighted by atomic mass is 32.1. The molecule has 0 spiro atoms. The molecule has 1 aromatic heterocycles. The fraction of sp³-hybridized carbons (Fsp3) is 0.308. The van der Waals surface area contributed by atoms with Crippen molar-refractivity contribution >= 4 is 43.4 Å². The Balaban J connectivity index is 1.57. The molecule has 1 aliphatic heterocycles. The summed E-state index contributed by atoms with van der Waals surface area (Å²) in [6.07, 6.45) is 0. The van der Waals surface area contributed by atoms with Crippen LogP contribution in [-0.4, -0.2) is 61.8 Å². The van der Waals surface area contributed by atoms with Gasteiger partial charge in [-0.05, 0) is 35.9 Å². The largest absolute Gasteiger partial charge is 0.493 e. The highest BCUT2D eigenvalue weighted by Gasteiger charge is 2.27. The second kappa shape index (κ2) is 9.87. The molecule has 0 bridgehead atoms. The highest BCUT2D eigenvalue weighted by molar-refractivity contribution is 7.22. The van der Waals surface area contributed by atoms with E-state index >= 15 is 0 Å². The highest BCUT2D eigenvalue weighted by Crippen LogP contribution is 2.34. The average molecular weight is 462 g/mol. The van der Waals surface area contributed by atoms with E-state index in [1.54, 1.807) is 11.3 Å². The topological polar surface area (TPSA) is 54.9 Å². The molecule has 1 aliphatic rings. The Hall–Kier alpha value is -3.00. The minimum atomic E-state index is -0.0810. The number of rotatable bonds is 7. The minimum Gasteiger partial charge on any atom is -0.493 e. The van der Waals surface area contributed by atoms with Crippen LogP contribution in [0.2, 0.25) is 0 Å². The number of amides is 1. The number of ether oxygens (including phenoxy) is 2. The zero-order valence-electron chi connectivity index (χ0n) is 18.7. The van der Waals surface area contributed by atoms with Crippen molar-refractivity contribution in [2.75, 3.05) is 50.9 Å². The molecule has 0 aliphatic carbocycles. The van der Waals surface area contributed by atoms with Crippen LogP contribution >= 0.6 is 11.3 Å². The van der Waals surface area contributed by atoms with Crippen LogP contribution in [0.25, 0.3) is 21.0 Å². The first-order valence-corrected chi connectivity index (χ1v) is 12.2. The molecule has 3 aromatic carbocycles. The number of hydrogen-bond donors (Lipinski definition) is 0. The zero-order chi connectivity index (χ0) is 22.6. The summed E-state index contributed by atoms with van der Waals surface area (Å²) < 4.78 is 12.5. The lowest BCUT2D eigenvalue weighted by Crippen LogP contribution is -2.43. The Bertz CT molecular complexity index is 1230. The van der Waals surface area contributed by atoms with Crippen molar-refractivity contribution in [1.29, 1.82) is 0 Å². The standard InChI is InChI=1S/C26H27N3O3S/c1-2-32-22-12-11-19-7-3-4-8-20(19)24(22)25(30)29(14-13-28-15-17-31-18-16-28)26-27-21-9-5-6-10-23(21)33-26/h3-12H,2,13-18H2,1H3. The Morgan fingerprint density at radius 2 is 1.88 bits per heavy atom. The number of para-hydroxylation sites is 1. The molecule has 4 aromatic rings. The Morgan fingerprint density at radius 1 is 1.09 bits per heavy atom. The molecule has 0 unspecified atom stereocenters. The average Bonchev–Trinajstić information content (AvgIpc) is 3.28. The van der Waals surface area contributed by atoms with Gasteiger partial charge in [0.05, 0.1) is 35.6 Å². The fourth-order valence-electron chi connectivity index (χ4n) is 4.21. The lowest BCUT2D eigenvalue weighted by molar-refractivity contribution is 0.0391. The van der Waals surface area contributed by atoms with Gasteiger partial charge in [0, 0.05) is 26.2 Å². The van der Waals surface area contributed by atoms with Gasteiger partial charge in [0.1, 0.15) is 5.75 Å². The third-order valence-corrected chi connectivity index (χ3v) is 6.97. The van der Waals surface area contributed by atoms with E-state index in [9.17, 15) is 4.79 Å². The van der Waals surface area contributed by atoms with Gasteiger partial charge in [-0.3, -0.25) is 14.6 Å². The number of morpholine rings is 1. The van der Waals surface area contributed by atoms with Gasteiger partial charge in [0.2, 0.25) is 0 Å². The monoisotopic (exact) mass is 461 g/mol. The van der Waals surface area contributed by atoms with Gasteiger partial charge in [0.25, 0.3) is 5.91 Å². The van der Waals surface area contributed by atoms with Gasteiger partial charge in [-0.1, -0.05) is 53.8 Å². The van der Waals surface area contributed by atoms with E-state index in [1.165, 1.54) is 0 Å². The molecule has 1 fully saturated rings. The minimum absolute atomic E-state index is 0.0810. The Kier molecular flexibility index (Phi) is 6.53. The predicted molar refractivity (Wildman–Crippen MR) is 134 cm³/mol. The van der Waals surface area contributed by atoms with Crippen LogP contribution in [0.5, 0.6) is 5.75 Å². The van der Waals surface area contributed by atoms with E-state index in [2.05, 4.69) is 4.90 Å². The molecule has 1 saturated heterocycles. The maximum atomic E-state index is 14.2. The first-order valence-electron chi connectivity index (χ1n) is 11.4. The number of nitrogens with zero attached hydrogens (tertiary/aromatic N) is 3. The van der Waals surface area contributed by atoms with Crippen molar-refractivity contribution in [3.05, 3.63) is 66.2 Å². The van der Waals surface area contributed by atoms with Crippen molar-refractivity contribution < 1.29 is 14.3 Å². The number of fused-ring (bicyclic) bond motifs is 2. The van der Waals surface area contributed by atoms with Gasteiger partial charge in [-0.2, -0.15) is 0 Å². The summed E-state index contributed by atoms with van der Waals surface area (Å²) in [6.45, 7) is 6.95. The molecule has 0 atom stereocenters. The quantitative estimate of drug-likeness (QED) is 0.395. The molecule has 5 rings (SSSR count). The van der Waals surface area contributed by atoms with Crippen LogP contribution in [-0.2, 0) is 4.74 Å². The van der Waals surface area contributed by atoms with Crippen molar-refractivity contribution in [3.63, 3.8) is 0 Å².